The van der Waals surface area contributed by atoms with E-state index < -0.39 is 20.7 Å². The van der Waals surface area contributed by atoms with E-state index in [1.807, 2.05) is 0 Å². The lowest BCUT2D eigenvalue weighted by Gasteiger charge is -2.07. The molecule has 0 aliphatic heterocycles. The van der Waals surface area contributed by atoms with E-state index >= 15 is 0 Å². The summed E-state index contributed by atoms with van der Waals surface area (Å²) in [5.74, 6) is -0.167. The van der Waals surface area contributed by atoms with Gasteiger partial charge in [0.1, 0.15) is 0 Å². The van der Waals surface area contributed by atoms with Gasteiger partial charge in [-0.3, -0.25) is 0 Å². The van der Waals surface area contributed by atoms with Crippen LogP contribution in [0.15, 0.2) is 17.4 Å². The molecule has 0 unspecified atom stereocenters. The zero-order chi connectivity index (χ0) is 12.6. The van der Waals surface area contributed by atoms with E-state index in [0.717, 1.165) is 0 Å². The van der Waals surface area contributed by atoms with Crippen molar-refractivity contribution in [1.29, 1.82) is 0 Å². The van der Waals surface area contributed by atoms with E-state index in [4.69, 9.17) is 24.5 Å². The smallest absolute Gasteiger partial charge is 0.319 e. The molecule has 0 radical (unpaired) electrons. The third-order valence-electron chi connectivity index (χ3n) is 1.52. The number of hydrogen-bond donors (Lipinski definition) is 5. The summed E-state index contributed by atoms with van der Waals surface area (Å²) in [5.41, 5.74) is 0. The number of hydrogen-bond acceptors (Lipinski definition) is 6. The molecule has 0 fully saturated rings. The highest BCUT2D eigenvalue weighted by Crippen LogP contribution is 2.60. The lowest BCUT2D eigenvalue weighted by atomic mass is 10.9. The van der Waals surface area contributed by atoms with E-state index in [1.165, 1.54) is 24.0 Å². The zero-order valence-corrected chi connectivity index (χ0v) is 9.82. The van der Waals surface area contributed by atoms with Crippen LogP contribution in [0.1, 0.15) is 0 Å². The van der Waals surface area contributed by atoms with Gasteiger partial charge in [0.2, 0.25) is 5.95 Å². The fraction of sp³-hybridized carbons (Fsp3) is 0.200. The van der Waals surface area contributed by atoms with Crippen LogP contribution in [0.4, 0.5) is 5.95 Å². The number of rotatable bonds is 3. The fourth-order valence-electron chi connectivity index (χ4n) is 0.862. The second kappa shape index (κ2) is 4.31. The Morgan fingerprint density at radius 2 is 2.06 bits per heavy atom. The fourth-order valence-corrected chi connectivity index (χ4v) is 2.70. The molecule has 9 nitrogen and oxygen atoms in total. The van der Waals surface area contributed by atoms with Gasteiger partial charge in [-0.15, -0.1) is 0 Å². The Balaban J connectivity index is 3.29. The Morgan fingerprint density at radius 1 is 1.50 bits per heavy atom. The minimum absolute atomic E-state index is 0.167. The summed E-state index contributed by atoms with van der Waals surface area (Å²) in [7, 11) is -8.46. The molecule has 0 saturated carbocycles. The highest BCUT2D eigenvalue weighted by atomic mass is 31.3. The van der Waals surface area contributed by atoms with Crippen molar-refractivity contribution in [3.05, 3.63) is 12.4 Å². The number of aliphatic imine (C=N–C) groups is 1. The van der Waals surface area contributed by atoms with Crippen LogP contribution < -0.4 is 0 Å². The summed E-state index contributed by atoms with van der Waals surface area (Å²) in [6.45, 7) is 0. The topological polar surface area (TPSA) is 148 Å². The van der Waals surface area contributed by atoms with Gasteiger partial charge < -0.3 is 14.4 Å². The highest BCUT2D eigenvalue weighted by molar-refractivity contribution is 8.00. The van der Waals surface area contributed by atoms with Crippen molar-refractivity contribution in [2.75, 3.05) is 0 Å². The lowest BCUT2D eigenvalue weighted by Crippen LogP contribution is -2.06. The van der Waals surface area contributed by atoms with E-state index in [9.17, 15) is 4.57 Å². The van der Waals surface area contributed by atoms with Crippen molar-refractivity contribution < 1.29 is 29.0 Å². The summed E-state index contributed by atoms with van der Waals surface area (Å²) >= 11 is 0. The predicted octanol–water partition coefficient (Wildman–Crippen LogP) is -0.675. The van der Waals surface area contributed by atoms with Crippen molar-refractivity contribution in [3.8, 4) is 0 Å². The third-order valence-corrected chi connectivity index (χ3v) is 4.37. The van der Waals surface area contributed by atoms with Crippen LogP contribution in [0.5, 0.6) is 0 Å². The van der Waals surface area contributed by atoms with Crippen LogP contribution in [-0.4, -0.2) is 39.2 Å². The average molecular weight is 270 g/mol. The van der Waals surface area contributed by atoms with Crippen LogP contribution >= 0.6 is 15.5 Å². The normalized spacial score (nSPS) is 14.2. The summed E-state index contributed by atoms with van der Waals surface area (Å²) in [5, 5.41) is -1.38. The monoisotopic (exact) mass is 270 g/mol. The molecule has 90 valence electrons. The van der Waals surface area contributed by atoms with Gasteiger partial charge in [-0.2, -0.15) is 19.7 Å². The summed E-state index contributed by atoms with van der Waals surface area (Å²) in [6, 6.07) is 0. The molecular weight excluding hydrogens is 260 g/mol. The second-order valence-corrected chi connectivity index (χ2v) is 6.29. The molecule has 11 heteroatoms. The standard InChI is InChI=1S/C5H9N3O6P2/c1-8-3-2-6-4(8)7-5(15(9,10)11)16(12,13)14/h2-3,9-11H,1H3,(H-,12,13,14)/p+1. The molecule has 0 amide bonds. The van der Waals surface area contributed by atoms with Gasteiger partial charge in [-0.1, -0.05) is 0 Å². The highest BCUT2D eigenvalue weighted by Gasteiger charge is 2.52. The molecule has 0 bridgehead atoms. The van der Waals surface area contributed by atoms with Crippen LogP contribution in [0.3, 0.4) is 0 Å². The Bertz CT molecular complexity index is 457. The van der Waals surface area contributed by atoms with Gasteiger partial charge in [0.15, 0.2) is 0 Å². The molecular formula is C5H10N3O6P2+. The third kappa shape index (κ3) is 3.16. The second-order valence-electron chi connectivity index (χ2n) is 2.86. The molecule has 16 heavy (non-hydrogen) atoms. The molecule has 1 heterocycles. The van der Waals surface area contributed by atoms with Gasteiger partial charge in [-0.05, 0) is 0 Å². The van der Waals surface area contributed by atoms with E-state index in [-0.39, 0.29) is 5.95 Å². The maximum atomic E-state index is 10.9. The van der Waals surface area contributed by atoms with Crippen molar-refractivity contribution in [2.24, 2.45) is 12.0 Å². The quantitative estimate of drug-likeness (QED) is 0.361. The molecule has 5 N–H and O–H groups in total. The Morgan fingerprint density at radius 3 is 2.38 bits per heavy atom. The van der Waals surface area contributed by atoms with E-state index in [1.54, 1.807) is 0 Å². The van der Waals surface area contributed by atoms with Crippen molar-refractivity contribution in [3.63, 3.8) is 0 Å². The maximum Gasteiger partial charge on any atom is 0.469 e. The number of aromatic nitrogens is 2. The minimum Gasteiger partial charge on any atom is -0.319 e. The van der Waals surface area contributed by atoms with Crippen molar-refractivity contribution >= 4 is 26.7 Å². The van der Waals surface area contributed by atoms with Crippen molar-refractivity contribution in [2.45, 2.75) is 0 Å². The van der Waals surface area contributed by atoms with Crippen molar-refractivity contribution in [1.82, 2.24) is 9.55 Å². The summed E-state index contributed by atoms with van der Waals surface area (Å²) in [6.07, 6.45) is 2.73. The van der Waals surface area contributed by atoms with Crippen LogP contribution in [0.2, 0.25) is 0 Å². The first-order chi connectivity index (χ1) is 7.12. The van der Waals surface area contributed by atoms with Gasteiger partial charge in [-0.25, -0.2) is 9.55 Å². The first kappa shape index (κ1) is 13.4. The molecule has 0 aromatic carbocycles. The summed E-state index contributed by atoms with van der Waals surface area (Å²) in [4.78, 5) is 51.0. The predicted molar refractivity (Wildman–Crippen MR) is 55.9 cm³/mol. The van der Waals surface area contributed by atoms with Crippen LogP contribution in [0, 0.1) is 0 Å². The Kier molecular flexibility index (Phi) is 3.61. The number of aryl methyl sites for hydroxylation is 1. The van der Waals surface area contributed by atoms with Crippen LogP contribution in [-0.2, 0) is 11.6 Å². The molecule has 1 aromatic rings. The molecule has 1 aromatic heterocycles. The number of imidazole rings is 1. The van der Waals surface area contributed by atoms with Gasteiger partial charge >= 0.3 is 20.7 Å². The lowest BCUT2D eigenvalue weighted by molar-refractivity contribution is 0.349. The zero-order valence-electron chi connectivity index (χ0n) is 8.04. The maximum absolute atomic E-state index is 10.9. The van der Waals surface area contributed by atoms with Gasteiger partial charge in [0, 0.05) is 19.4 Å². The minimum atomic E-state index is -5.06. The largest absolute Gasteiger partial charge is 0.469 e. The SMILES string of the molecule is Cn1ccnc1N=C(P(=O)(O)O)[P+](O)(O)O. The van der Waals surface area contributed by atoms with Crippen LogP contribution in [0.25, 0.3) is 0 Å². The molecule has 0 saturated heterocycles. The molecule has 1 rings (SSSR count). The van der Waals surface area contributed by atoms with Gasteiger partial charge in [0.05, 0.1) is 0 Å². The summed E-state index contributed by atoms with van der Waals surface area (Å²) < 4.78 is 12.2. The Labute approximate surface area is 90.5 Å². The average Bonchev–Trinajstić information content (AvgIpc) is 2.42. The molecule has 0 aliphatic rings. The Hall–Kier alpha value is -0.660. The van der Waals surface area contributed by atoms with E-state index in [0.29, 0.717) is 0 Å². The molecule has 0 spiro atoms. The first-order valence-electron chi connectivity index (χ1n) is 3.82. The van der Waals surface area contributed by atoms with E-state index in [2.05, 4.69) is 9.98 Å². The molecule has 0 aliphatic carbocycles. The van der Waals surface area contributed by atoms with Gasteiger partial charge in [0.25, 0.3) is 0 Å². The number of nitrogens with zero attached hydrogens (tertiary/aromatic N) is 3. The first-order valence-corrected chi connectivity index (χ1v) is 7.08. The molecule has 0 atom stereocenters.